The van der Waals surface area contributed by atoms with Crippen molar-refractivity contribution >= 4 is 29.1 Å². The molecule has 0 saturated heterocycles. The first-order chi connectivity index (χ1) is 10.8. The van der Waals surface area contributed by atoms with Crippen LogP contribution in [0.1, 0.15) is 12.0 Å². The number of rotatable bonds is 5. The third-order valence-corrected chi connectivity index (χ3v) is 4.30. The van der Waals surface area contributed by atoms with Crippen LogP contribution in [0.4, 0.5) is 5.69 Å². The third-order valence-electron chi connectivity index (χ3n) is 3.98. The van der Waals surface area contributed by atoms with Crippen LogP contribution in [-0.2, 0) is 0 Å². The molecular formula is C20H21NS. The summed E-state index contributed by atoms with van der Waals surface area (Å²) in [4.78, 5) is 0. The van der Waals surface area contributed by atoms with Crippen LogP contribution in [0.5, 0.6) is 0 Å². The lowest BCUT2D eigenvalue weighted by atomic mass is 9.95. The molecule has 0 aliphatic rings. The fourth-order valence-corrected chi connectivity index (χ4v) is 2.95. The van der Waals surface area contributed by atoms with E-state index >= 15 is 0 Å². The molecule has 1 N–H and O–H groups in total. The third kappa shape index (κ3) is 3.12. The molecule has 0 fully saturated rings. The summed E-state index contributed by atoms with van der Waals surface area (Å²) in [5, 5.41) is 6.07. The molecule has 0 heterocycles. The van der Waals surface area contributed by atoms with Gasteiger partial charge >= 0.3 is 0 Å². The van der Waals surface area contributed by atoms with E-state index in [1.54, 1.807) is 0 Å². The number of thiol groups is 1. The van der Waals surface area contributed by atoms with Gasteiger partial charge in [-0.05, 0) is 58.7 Å². The zero-order valence-electron chi connectivity index (χ0n) is 12.8. The normalized spacial score (nSPS) is 10.8. The van der Waals surface area contributed by atoms with Gasteiger partial charge in [0, 0.05) is 12.2 Å². The molecule has 1 nitrogen and oxygen atoms in total. The Balaban J connectivity index is 2.04. The highest BCUT2D eigenvalue weighted by molar-refractivity contribution is 7.80. The van der Waals surface area contributed by atoms with E-state index in [0.29, 0.717) is 0 Å². The first-order valence-electron chi connectivity index (χ1n) is 7.73. The van der Waals surface area contributed by atoms with Crippen molar-refractivity contribution in [2.24, 2.45) is 0 Å². The number of aryl methyl sites for hydroxylation is 1. The second kappa shape index (κ2) is 6.89. The molecule has 112 valence electrons. The minimum Gasteiger partial charge on any atom is -0.385 e. The Bertz CT molecular complexity index is 774. The Labute approximate surface area is 137 Å². The first-order valence-corrected chi connectivity index (χ1v) is 8.36. The topological polar surface area (TPSA) is 12.0 Å². The van der Waals surface area contributed by atoms with Crippen LogP contribution in [-0.4, -0.2) is 12.3 Å². The van der Waals surface area contributed by atoms with Crippen molar-refractivity contribution in [3.63, 3.8) is 0 Å². The Kier molecular flexibility index (Phi) is 4.69. The van der Waals surface area contributed by atoms with Crippen LogP contribution in [0.15, 0.2) is 60.7 Å². The lowest BCUT2D eigenvalue weighted by molar-refractivity contribution is 0.995. The summed E-state index contributed by atoms with van der Waals surface area (Å²) >= 11 is 4.26. The molecule has 0 spiro atoms. The van der Waals surface area contributed by atoms with Crippen LogP contribution in [0.25, 0.3) is 21.9 Å². The quantitative estimate of drug-likeness (QED) is 0.465. The van der Waals surface area contributed by atoms with Crippen LogP contribution >= 0.6 is 12.6 Å². The van der Waals surface area contributed by atoms with E-state index in [-0.39, 0.29) is 0 Å². The van der Waals surface area contributed by atoms with Gasteiger partial charge in [0.25, 0.3) is 0 Å². The molecular weight excluding hydrogens is 286 g/mol. The summed E-state index contributed by atoms with van der Waals surface area (Å²) in [6, 6.07) is 21.7. The average molecular weight is 307 g/mol. The molecule has 3 rings (SSSR count). The highest BCUT2D eigenvalue weighted by Crippen LogP contribution is 2.32. The van der Waals surface area contributed by atoms with Gasteiger partial charge in [-0.1, -0.05) is 48.5 Å². The van der Waals surface area contributed by atoms with Gasteiger partial charge < -0.3 is 5.32 Å². The van der Waals surface area contributed by atoms with Gasteiger partial charge in [-0.2, -0.15) is 12.6 Å². The highest BCUT2D eigenvalue weighted by Gasteiger charge is 2.07. The van der Waals surface area contributed by atoms with Crippen molar-refractivity contribution in [3.05, 3.63) is 66.2 Å². The predicted molar refractivity (Wildman–Crippen MR) is 101 cm³/mol. The summed E-state index contributed by atoms with van der Waals surface area (Å²) in [6.45, 7) is 3.14. The van der Waals surface area contributed by atoms with Gasteiger partial charge in [-0.25, -0.2) is 0 Å². The molecule has 0 bridgehead atoms. The molecule has 0 atom stereocenters. The Morgan fingerprint density at radius 3 is 2.59 bits per heavy atom. The van der Waals surface area contributed by atoms with Gasteiger partial charge in [-0.3, -0.25) is 0 Å². The molecule has 3 aromatic carbocycles. The van der Waals surface area contributed by atoms with E-state index in [9.17, 15) is 0 Å². The van der Waals surface area contributed by atoms with Crippen molar-refractivity contribution in [1.29, 1.82) is 0 Å². The Hall–Kier alpha value is -1.93. The molecule has 0 unspecified atom stereocenters. The van der Waals surface area contributed by atoms with Crippen molar-refractivity contribution < 1.29 is 0 Å². The maximum Gasteiger partial charge on any atom is 0.0346 e. The molecule has 0 saturated carbocycles. The lowest BCUT2D eigenvalue weighted by Crippen LogP contribution is -2.02. The summed E-state index contributed by atoms with van der Waals surface area (Å²) < 4.78 is 0. The van der Waals surface area contributed by atoms with Crippen LogP contribution in [0.2, 0.25) is 0 Å². The van der Waals surface area contributed by atoms with E-state index in [0.717, 1.165) is 18.7 Å². The summed E-state index contributed by atoms with van der Waals surface area (Å²) in [7, 11) is 0. The maximum atomic E-state index is 4.26. The number of fused-ring (bicyclic) bond motifs is 1. The predicted octanol–water partition coefficient (Wildman–Crippen LogP) is 5.55. The second-order valence-corrected chi connectivity index (χ2v) is 6.01. The number of nitrogens with one attached hydrogen (secondary N) is 1. The smallest absolute Gasteiger partial charge is 0.0346 e. The summed E-state index contributed by atoms with van der Waals surface area (Å²) in [5.41, 5.74) is 5.08. The minimum absolute atomic E-state index is 0.912. The van der Waals surface area contributed by atoms with Crippen LogP contribution in [0.3, 0.4) is 0 Å². The summed E-state index contributed by atoms with van der Waals surface area (Å²) in [6.07, 6.45) is 1.07. The van der Waals surface area contributed by atoms with Gasteiger partial charge in [0.1, 0.15) is 0 Å². The van der Waals surface area contributed by atoms with E-state index in [4.69, 9.17) is 0 Å². The van der Waals surface area contributed by atoms with E-state index in [1.165, 1.54) is 33.2 Å². The number of hydrogen-bond acceptors (Lipinski definition) is 2. The summed E-state index contributed by atoms with van der Waals surface area (Å²) in [5.74, 6) is 0.912. The fourth-order valence-electron chi connectivity index (χ4n) is 2.79. The molecule has 0 radical (unpaired) electrons. The molecule has 3 aromatic rings. The standard InChI is InChI=1S/C20H21NS/c1-15-10-11-17(21-12-5-13-22)14-20(15)19-9-4-7-16-6-2-3-8-18(16)19/h2-4,6-11,14,21-22H,5,12-13H2,1H3. The van der Waals surface area contributed by atoms with Crippen molar-refractivity contribution in [3.8, 4) is 11.1 Å². The highest BCUT2D eigenvalue weighted by atomic mass is 32.1. The zero-order valence-corrected chi connectivity index (χ0v) is 13.7. The first kappa shape index (κ1) is 15.0. The number of hydrogen-bond donors (Lipinski definition) is 2. The molecule has 0 amide bonds. The Morgan fingerprint density at radius 1 is 0.909 bits per heavy atom. The van der Waals surface area contributed by atoms with Gasteiger partial charge in [0.15, 0.2) is 0 Å². The van der Waals surface area contributed by atoms with E-state index in [2.05, 4.69) is 85.5 Å². The number of anilines is 1. The van der Waals surface area contributed by atoms with Crippen LogP contribution in [0, 0.1) is 6.92 Å². The van der Waals surface area contributed by atoms with E-state index in [1.807, 2.05) is 0 Å². The van der Waals surface area contributed by atoms with E-state index < -0.39 is 0 Å². The van der Waals surface area contributed by atoms with Gasteiger partial charge in [0.05, 0.1) is 0 Å². The lowest BCUT2D eigenvalue weighted by Gasteiger charge is -2.13. The second-order valence-electron chi connectivity index (χ2n) is 5.56. The van der Waals surface area contributed by atoms with Crippen LogP contribution < -0.4 is 5.32 Å². The SMILES string of the molecule is Cc1ccc(NCCCS)cc1-c1cccc2ccccc12. The minimum atomic E-state index is 0.912. The number of benzene rings is 3. The van der Waals surface area contributed by atoms with Crippen molar-refractivity contribution in [1.82, 2.24) is 0 Å². The monoisotopic (exact) mass is 307 g/mol. The molecule has 0 aromatic heterocycles. The fraction of sp³-hybridized carbons (Fsp3) is 0.200. The zero-order chi connectivity index (χ0) is 15.4. The Morgan fingerprint density at radius 2 is 1.73 bits per heavy atom. The van der Waals surface area contributed by atoms with Crippen molar-refractivity contribution in [2.75, 3.05) is 17.6 Å². The van der Waals surface area contributed by atoms with Gasteiger partial charge in [-0.15, -0.1) is 0 Å². The molecule has 2 heteroatoms. The molecule has 22 heavy (non-hydrogen) atoms. The van der Waals surface area contributed by atoms with Gasteiger partial charge in [0.2, 0.25) is 0 Å². The molecule has 0 aliphatic heterocycles. The van der Waals surface area contributed by atoms with Crippen molar-refractivity contribution in [2.45, 2.75) is 13.3 Å². The maximum absolute atomic E-state index is 4.26. The average Bonchev–Trinajstić information content (AvgIpc) is 2.56. The molecule has 0 aliphatic carbocycles. The largest absolute Gasteiger partial charge is 0.385 e.